The Bertz CT molecular complexity index is 731. The van der Waals surface area contributed by atoms with Crippen LogP contribution in [0, 0.1) is 5.92 Å². The van der Waals surface area contributed by atoms with Crippen LogP contribution in [0.5, 0.6) is 0 Å². The number of benzene rings is 1. The molecule has 6 nitrogen and oxygen atoms in total. The molecule has 4 rings (SSSR count). The average Bonchev–Trinajstić information content (AvgIpc) is 3.16. The second-order valence-electron chi connectivity index (χ2n) is 7.14. The smallest absolute Gasteiger partial charge is 0.228 e. The van der Waals surface area contributed by atoms with E-state index in [9.17, 15) is 14.4 Å². The summed E-state index contributed by atoms with van der Waals surface area (Å²) in [5.41, 5.74) is 3.62. The van der Waals surface area contributed by atoms with E-state index in [1.54, 1.807) is 9.80 Å². The van der Waals surface area contributed by atoms with Crippen LogP contribution in [-0.2, 0) is 27.2 Å². The Hall–Kier alpha value is -2.37. The SMILES string of the molecule is O=C1CCN(C(=O)[C@H]2CC(=O)N(c3ccc4c(c3)CCC4)C2)CCN1. The fourth-order valence-corrected chi connectivity index (χ4v) is 4.09. The predicted octanol–water partition coefficient (Wildman–Crippen LogP) is 0.877. The van der Waals surface area contributed by atoms with Crippen molar-refractivity contribution in [3.05, 3.63) is 29.3 Å². The summed E-state index contributed by atoms with van der Waals surface area (Å²) in [5, 5.41) is 2.78. The van der Waals surface area contributed by atoms with Crippen molar-refractivity contribution in [2.45, 2.75) is 32.1 Å². The number of fused-ring (bicyclic) bond motifs is 1. The van der Waals surface area contributed by atoms with E-state index in [1.165, 1.54) is 17.5 Å². The summed E-state index contributed by atoms with van der Waals surface area (Å²) in [6, 6.07) is 6.23. The number of nitrogens with one attached hydrogen (secondary N) is 1. The lowest BCUT2D eigenvalue weighted by molar-refractivity contribution is -0.135. The third kappa shape index (κ3) is 3.13. The van der Waals surface area contributed by atoms with Crippen molar-refractivity contribution < 1.29 is 14.4 Å². The molecule has 3 amide bonds. The van der Waals surface area contributed by atoms with Gasteiger partial charge in [0, 0.05) is 44.7 Å². The summed E-state index contributed by atoms with van der Waals surface area (Å²) in [7, 11) is 0. The second kappa shape index (κ2) is 6.50. The van der Waals surface area contributed by atoms with Gasteiger partial charge in [-0.05, 0) is 42.5 Å². The number of carbonyl (C=O) groups excluding carboxylic acids is 3. The third-order valence-corrected chi connectivity index (χ3v) is 5.49. The molecule has 0 saturated carbocycles. The maximum atomic E-state index is 12.8. The van der Waals surface area contributed by atoms with E-state index < -0.39 is 0 Å². The molecular weight excluding hydrogens is 318 g/mol. The highest BCUT2D eigenvalue weighted by Gasteiger charge is 2.37. The summed E-state index contributed by atoms with van der Waals surface area (Å²) < 4.78 is 0. The monoisotopic (exact) mass is 341 g/mol. The van der Waals surface area contributed by atoms with Crippen LogP contribution in [0.3, 0.4) is 0 Å². The average molecular weight is 341 g/mol. The van der Waals surface area contributed by atoms with Crippen LogP contribution >= 0.6 is 0 Å². The van der Waals surface area contributed by atoms with E-state index in [0.717, 1.165) is 18.5 Å². The van der Waals surface area contributed by atoms with Crippen molar-refractivity contribution in [2.75, 3.05) is 31.1 Å². The maximum absolute atomic E-state index is 12.8. The number of nitrogens with zero attached hydrogens (tertiary/aromatic N) is 2. The zero-order valence-corrected chi connectivity index (χ0v) is 14.3. The summed E-state index contributed by atoms with van der Waals surface area (Å²) in [6.45, 7) is 1.89. The van der Waals surface area contributed by atoms with Crippen LogP contribution in [0.15, 0.2) is 18.2 Å². The minimum absolute atomic E-state index is 0.00601. The van der Waals surface area contributed by atoms with Crippen LogP contribution in [-0.4, -0.2) is 48.8 Å². The van der Waals surface area contributed by atoms with Gasteiger partial charge in [-0.15, -0.1) is 0 Å². The molecule has 0 radical (unpaired) electrons. The first kappa shape index (κ1) is 16.1. The van der Waals surface area contributed by atoms with Crippen molar-refractivity contribution in [1.82, 2.24) is 10.2 Å². The number of anilines is 1. The quantitative estimate of drug-likeness (QED) is 0.868. The fourth-order valence-electron chi connectivity index (χ4n) is 4.09. The molecule has 2 saturated heterocycles. The molecule has 1 N–H and O–H groups in total. The normalized spacial score (nSPS) is 23.4. The summed E-state index contributed by atoms with van der Waals surface area (Å²) in [4.78, 5) is 40.2. The molecule has 6 heteroatoms. The highest BCUT2D eigenvalue weighted by molar-refractivity contribution is 6.00. The van der Waals surface area contributed by atoms with Crippen LogP contribution < -0.4 is 10.2 Å². The van der Waals surface area contributed by atoms with Crippen molar-refractivity contribution >= 4 is 23.4 Å². The minimum Gasteiger partial charge on any atom is -0.354 e. The van der Waals surface area contributed by atoms with Crippen molar-refractivity contribution in [3.8, 4) is 0 Å². The molecule has 0 aromatic heterocycles. The van der Waals surface area contributed by atoms with Crippen molar-refractivity contribution in [1.29, 1.82) is 0 Å². The van der Waals surface area contributed by atoms with Gasteiger partial charge in [0.2, 0.25) is 17.7 Å². The van der Waals surface area contributed by atoms with Crippen molar-refractivity contribution in [3.63, 3.8) is 0 Å². The van der Waals surface area contributed by atoms with Gasteiger partial charge in [0.25, 0.3) is 0 Å². The molecule has 132 valence electrons. The topological polar surface area (TPSA) is 69.7 Å². The maximum Gasteiger partial charge on any atom is 0.228 e. The lowest BCUT2D eigenvalue weighted by Crippen LogP contribution is -2.39. The van der Waals surface area contributed by atoms with Crippen LogP contribution in [0.4, 0.5) is 5.69 Å². The molecule has 1 atom stereocenters. The number of carbonyl (C=O) groups is 3. The van der Waals surface area contributed by atoms with Gasteiger partial charge in [0.15, 0.2) is 0 Å². The van der Waals surface area contributed by atoms with Gasteiger partial charge < -0.3 is 15.1 Å². The highest BCUT2D eigenvalue weighted by atomic mass is 16.2. The molecular formula is C19H23N3O3. The molecule has 2 fully saturated rings. The number of rotatable bonds is 2. The molecule has 1 aromatic rings. The first-order valence-corrected chi connectivity index (χ1v) is 9.09. The Morgan fingerprint density at radius 2 is 1.92 bits per heavy atom. The highest BCUT2D eigenvalue weighted by Crippen LogP contribution is 2.31. The second-order valence-corrected chi connectivity index (χ2v) is 7.14. The van der Waals surface area contributed by atoms with Gasteiger partial charge in [0.05, 0.1) is 5.92 Å². The number of amides is 3. The van der Waals surface area contributed by atoms with E-state index in [0.29, 0.717) is 32.6 Å². The lowest BCUT2D eigenvalue weighted by atomic mass is 10.1. The number of hydrogen-bond acceptors (Lipinski definition) is 3. The van der Waals surface area contributed by atoms with Crippen LogP contribution in [0.1, 0.15) is 30.4 Å². The van der Waals surface area contributed by atoms with Gasteiger partial charge in [-0.1, -0.05) is 6.07 Å². The number of hydrogen-bond donors (Lipinski definition) is 1. The van der Waals surface area contributed by atoms with Crippen LogP contribution in [0.25, 0.3) is 0 Å². The Labute approximate surface area is 147 Å². The van der Waals surface area contributed by atoms with E-state index in [4.69, 9.17) is 0 Å². The Morgan fingerprint density at radius 1 is 1.08 bits per heavy atom. The van der Waals surface area contributed by atoms with Gasteiger partial charge in [-0.3, -0.25) is 14.4 Å². The molecule has 1 aromatic carbocycles. The largest absolute Gasteiger partial charge is 0.354 e. The van der Waals surface area contributed by atoms with Crippen molar-refractivity contribution in [2.24, 2.45) is 5.92 Å². The minimum atomic E-state index is -0.311. The Kier molecular flexibility index (Phi) is 4.19. The summed E-state index contributed by atoms with van der Waals surface area (Å²) in [6.07, 6.45) is 3.96. The first-order valence-electron chi connectivity index (χ1n) is 9.09. The standard InChI is InChI=1S/C19H23N3O3/c23-17-6-8-21(9-7-20-17)19(25)15-11-18(24)22(12-15)16-5-4-13-2-1-3-14(13)10-16/h4-5,10,15H,1-3,6-9,11-12H2,(H,20,23)/t15-/m0/s1. The number of aryl methyl sites for hydroxylation is 2. The molecule has 0 bridgehead atoms. The van der Waals surface area contributed by atoms with E-state index in [1.807, 2.05) is 6.07 Å². The Morgan fingerprint density at radius 3 is 2.80 bits per heavy atom. The zero-order valence-electron chi connectivity index (χ0n) is 14.3. The van der Waals surface area contributed by atoms with Crippen LogP contribution in [0.2, 0.25) is 0 Å². The van der Waals surface area contributed by atoms with E-state index in [2.05, 4.69) is 17.4 Å². The van der Waals surface area contributed by atoms with Gasteiger partial charge >= 0.3 is 0 Å². The van der Waals surface area contributed by atoms with Gasteiger partial charge in [0.1, 0.15) is 0 Å². The molecule has 1 aliphatic carbocycles. The summed E-state index contributed by atoms with van der Waals surface area (Å²) in [5.74, 6) is -0.319. The molecule has 0 unspecified atom stereocenters. The molecule has 0 spiro atoms. The predicted molar refractivity (Wildman–Crippen MR) is 93.1 cm³/mol. The molecule has 25 heavy (non-hydrogen) atoms. The zero-order chi connectivity index (χ0) is 17.4. The Balaban J connectivity index is 1.46. The molecule has 2 aliphatic heterocycles. The third-order valence-electron chi connectivity index (χ3n) is 5.49. The molecule has 3 aliphatic rings. The van der Waals surface area contributed by atoms with Gasteiger partial charge in [-0.25, -0.2) is 0 Å². The van der Waals surface area contributed by atoms with E-state index in [-0.39, 0.29) is 30.1 Å². The fraction of sp³-hybridized carbons (Fsp3) is 0.526. The first-order chi connectivity index (χ1) is 12.1. The molecule has 2 heterocycles. The van der Waals surface area contributed by atoms with E-state index >= 15 is 0 Å². The summed E-state index contributed by atoms with van der Waals surface area (Å²) >= 11 is 0. The van der Waals surface area contributed by atoms with Gasteiger partial charge in [-0.2, -0.15) is 0 Å². The lowest BCUT2D eigenvalue weighted by Gasteiger charge is -2.23.